The van der Waals surface area contributed by atoms with Gasteiger partial charge in [-0.05, 0) is 41.1 Å². The second kappa shape index (κ2) is 5.60. The first-order valence-corrected chi connectivity index (χ1v) is 8.08. The van der Waals surface area contributed by atoms with Gasteiger partial charge in [0.1, 0.15) is 5.82 Å². The van der Waals surface area contributed by atoms with Gasteiger partial charge in [0.15, 0.2) is 0 Å². The molecule has 4 heteroatoms. The number of carbonyl (C=O) groups is 1. The molecule has 2 heterocycles. The SMILES string of the molecule is CC(C)C(=O)N1CCc2sccc2C1c1ccc(F)cc1. The molecule has 2 nitrogen and oxygen atoms in total. The Kier molecular flexibility index (Phi) is 3.81. The summed E-state index contributed by atoms with van der Waals surface area (Å²) in [6, 6.07) is 8.51. The lowest BCUT2D eigenvalue weighted by Gasteiger charge is -2.37. The number of rotatable bonds is 2. The van der Waals surface area contributed by atoms with Crippen molar-refractivity contribution in [2.75, 3.05) is 6.54 Å². The molecule has 0 spiro atoms. The van der Waals surface area contributed by atoms with Gasteiger partial charge >= 0.3 is 0 Å². The zero-order valence-electron chi connectivity index (χ0n) is 12.2. The van der Waals surface area contributed by atoms with Crippen molar-refractivity contribution in [2.45, 2.75) is 26.3 Å². The number of carbonyl (C=O) groups excluding carboxylic acids is 1. The molecule has 0 bridgehead atoms. The highest BCUT2D eigenvalue weighted by atomic mass is 32.1. The molecule has 1 aromatic heterocycles. The fourth-order valence-corrected chi connectivity index (χ4v) is 3.79. The van der Waals surface area contributed by atoms with Crippen LogP contribution >= 0.6 is 11.3 Å². The number of nitrogens with zero attached hydrogens (tertiary/aromatic N) is 1. The van der Waals surface area contributed by atoms with Gasteiger partial charge in [-0.1, -0.05) is 26.0 Å². The molecule has 1 atom stereocenters. The van der Waals surface area contributed by atoms with E-state index in [1.54, 1.807) is 23.5 Å². The largest absolute Gasteiger partial charge is 0.331 e. The Bertz CT molecular complexity index is 647. The first kappa shape index (κ1) is 14.3. The van der Waals surface area contributed by atoms with E-state index in [2.05, 4.69) is 11.4 Å². The van der Waals surface area contributed by atoms with Crippen molar-refractivity contribution in [3.8, 4) is 0 Å². The number of halogens is 1. The predicted octanol–water partition coefficient (Wildman–Crippen LogP) is 4.02. The molecule has 1 aromatic carbocycles. The summed E-state index contributed by atoms with van der Waals surface area (Å²) in [5.74, 6) is -0.129. The van der Waals surface area contributed by atoms with Gasteiger partial charge in [-0.25, -0.2) is 4.39 Å². The maximum atomic E-state index is 13.2. The van der Waals surface area contributed by atoms with Crippen LogP contribution in [-0.4, -0.2) is 17.4 Å². The summed E-state index contributed by atoms with van der Waals surface area (Å²) in [5.41, 5.74) is 2.16. The number of amides is 1. The third kappa shape index (κ3) is 2.60. The van der Waals surface area contributed by atoms with Crippen LogP contribution < -0.4 is 0 Å². The zero-order valence-corrected chi connectivity index (χ0v) is 13.0. The molecule has 1 amide bonds. The minimum absolute atomic E-state index is 0.0341. The normalized spacial score (nSPS) is 17.9. The Morgan fingerprint density at radius 2 is 2.00 bits per heavy atom. The monoisotopic (exact) mass is 303 g/mol. The third-order valence-electron chi connectivity index (χ3n) is 3.93. The highest BCUT2D eigenvalue weighted by Gasteiger charge is 2.33. The van der Waals surface area contributed by atoms with Gasteiger partial charge in [-0.2, -0.15) is 0 Å². The molecule has 2 aromatic rings. The van der Waals surface area contributed by atoms with E-state index in [1.807, 2.05) is 18.7 Å². The average molecular weight is 303 g/mol. The third-order valence-corrected chi connectivity index (χ3v) is 4.93. The lowest BCUT2D eigenvalue weighted by atomic mass is 9.92. The second-order valence-electron chi connectivity index (χ2n) is 5.69. The van der Waals surface area contributed by atoms with Crippen molar-refractivity contribution < 1.29 is 9.18 Å². The second-order valence-corrected chi connectivity index (χ2v) is 6.69. The maximum absolute atomic E-state index is 13.2. The smallest absolute Gasteiger partial charge is 0.225 e. The number of benzene rings is 1. The summed E-state index contributed by atoms with van der Waals surface area (Å²) in [7, 11) is 0. The molecular weight excluding hydrogens is 285 g/mol. The lowest BCUT2D eigenvalue weighted by Crippen LogP contribution is -2.42. The van der Waals surface area contributed by atoms with Crippen LogP contribution in [0.2, 0.25) is 0 Å². The minimum atomic E-state index is -0.248. The van der Waals surface area contributed by atoms with E-state index in [0.717, 1.165) is 18.5 Å². The van der Waals surface area contributed by atoms with Crippen LogP contribution in [0.4, 0.5) is 4.39 Å². The van der Waals surface area contributed by atoms with E-state index in [9.17, 15) is 9.18 Å². The van der Waals surface area contributed by atoms with Gasteiger partial charge in [0.2, 0.25) is 5.91 Å². The molecule has 0 aliphatic carbocycles. The van der Waals surface area contributed by atoms with Crippen LogP contribution in [0.3, 0.4) is 0 Å². The van der Waals surface area contributed by atoms with E-state index in [-0.39, 0.29) is 23.7 Å². The molecule has 1 aliphatic heterocycles. The first-order chi connectivity index (χ1) is 10.1. The standard InChI is InChI=1S/C17H18FNOS/c1-11(2)17(20)19-9-7-15-14(8-10-21-15)16(19)12-3-5-13(18)6-4-12/h3-6,8,10-11,16H,7,9H2,1-2H3. The minimum Gasteiger partial charge on any atom is -0.331 e. The first-order valence-electron chi connectivity index (χ1n) is 7.20. The molecular formula is C17H18FNOS. The van der Waals surface area contributed by atoms with Crippen molar-refractivity contribution in [1.82, 2.24) is 4.90 Å². The van der Waals surface area contributed by atoms with Crippen molar-refractivity contribution in [2.24, 2.45) is 5.92 Å². The summed E-state index contributed by atoms with van der Waals surface area (Å²) in [4.78, 5) is 15.8. The Labute approximate surface area is 128 Å². The maximum Gasteiger partial charge on any atom is 0.225 e. The van der Waals surface area contributed by atoms with Gasteiger partial charge in [0.25, 0.3) is 0 Å². The summed E-state index contributed by atoms with van der Waals surface area (Å²) < 4.78 is 13.2. The Morgan fingerprint density at radius 1 is 1.29 bits per heavy atom. The predicted molar refractivity (Wildman–Crippen MR) is 82.8 cm³/mol. The fraction of sp³-hybridized carbons (Fsp3) is 0.353. The van der Waals surface area contributed by atoms with Gasteiger partial charge < -0.3 is 4.90 Å². The number of hydrogen-bond acceptors (Lipinski definition) is 2. The lowest BCUT2D eigenvalue weighted by molar-refractivity contribution is -0.136. The van der Waals surface area contributed by atoms with Crippen LogP contribution in [0.25, 0.3) is 0 Å². The molecule has 1 unspecified atom stereocenters. The van der Waals surface area contributed by atoms with Crippen LogP contribution in [0, 0.1) is 11.7 Å². The van der Waals surface area contributed by atoms with Gasteiger partial charge in [0, 0.05) is 17.3 Å². The summed E-state index contributed by atoms with van der Waals surface area (Å²) >= 11 is 1.74. The van der Waals surface area contributed by atoms with Crippen LogP contribution in [0.5, 0.6) is 0 Å². The molecule has 0 N–H and O–H groups in total. The quantitative estimate of drug-likeness (QED) is 0.820. The topological polar surface area (TPSA) is 20.3 Å². The van der Waals surface area contributed by atoms with E-state index in [1.165, 1.54) is 22.6 Å². The summed E-state index contributed by atoms with van der Waals surface area (Å²) in [5, 5.41) is 2.07. The number of fused-ring (bicyclic) bond motifs is 1. The fourth-order valence-electron chi connectivity index (χ4n) is 2.89. The van der Waals surface area contributed by atoms with Crippen molar-refractivity contribution in [3.05, 3.63) is 57.5 Å². The molecule has 110 valence electrons. The van der Waals surface area contributed by atoms with E-state index in [0.29, 0.717) is 0 Å². The van der Waals surface area contributed by atoms with E-state index < -0.39 is 0 Å². The number of hydrogen-bond donors (Lipinski definition) is 0. The van der Waals surface area contributed by atoms with Crippen molar-refractivity contribution in [3.63, 3.8) is 0 Å². The van der Waals surface area contributed by atoms with Crippen LogP contribution in [-0.2, 0) is 11.2 Å². The van der Waals surface area contributed by atoms with Crippen molar-refractivity contribution in [1.29, 1.82) is 0 Å². The Hall–Kier alpha value is -1.68. The van der Waals surface area contributed by atoms with Crippen LogP contribution in [0.15, 0.2) is 35.7 Å². The average Bonchev–Trinajstić information content (AvgIpc) is 2.94. The highest BCUT2D eigenvalue weighted by molar-refractivity contribution is 7.10. The summed E-state index contributed by atoms with van der Waals surface area (Å²) in [6.07, 6.45) is 0.906. The van der Waals surface area contributed by atoms with Gasteiger partial charge in [0.05, 0.1) is 6.04 Å². The zero-order chi connectivity index (χ0) is 15.0. The number of thiophene rings is 1. The molecule has 0 radical (unpaired) electrons. The molecule has 3 rings (SSSR count). The van der Waals surface area contributed by atoms with Crippen molar-refractivity contribution >= 4 is 17.2 Å². The van der Waals surface area contributed by atoms with Crippen LogP contribution in [0.1, 0.15) is 35.9 Å². The highest BCUT2D eigenvalue weighted by Crippen LogP contribution is 2.38. The van der Waals surface area contributed by atoms with E-state index >= 15 is 0 Å². The molecule has 0 saturated carbocycles. The Balaban J connectivity index is 2.06. The molecule has 1 aliphatic rings. The molecule has 21 heavy (non-hydrogen) atoms. The van der Waals surface area contributed by atoms with Gasteiger partial charge in [-0.3, -0.25) is 4.79 Å². The molecule has 0 saturated heterocycles. The summed E-state index contributed by atoms with van der Waals surface area (Å²) in [6.45, 7) is 4.58. The van der Waals surface area contributed by atoms with E-state index in [4.69, 9.17) is 0 Å². The van der Waals surface area contributed by atoms with Gasteiger partial charge in [-0.15, -0.1) is 11.3 Å². The molecule has 0 fully saturated rings. The Morgan fingerprint density at radius 3 is 2.67 bits per heavy atom.